The minimum absolute atomic E-state index is 0.0145. The van der Waals surface area contributed by atoms with Crippen LogP contribution in [0.4, 0.5) is 5.69 Å². The van der Waals surface area contributed by atoms with Gasteiger partial charge in [-0.05, 0) is 57.5 Å². The van der Waals surface area contributed by atoms with Crippen molar-refractivity contribution >= 4 is 42.2 Å². The number of sulfone groups is 2. The number of fused-ring (bicyclic) bond motifs is 2. The predicted octanol–water partition coefficient (Wildman–Crippen LogP) is 4.94. The number of hydrogen-bond donors (Lipinski definition) is 0. The van der Waals surface area contributed by atoms with Crippen LogP contribution in [0.3, 0.4) is 0 Å². The van der Waals surface area contributed by atoms with E-state index >= 15 is 0 Å². The topological polar surface area (TPSA) is 126 Å². The number of amides is 1. The Morgan fingerprint density at radius 3 is 2.20 bits per heavy atom. The van der Waals surface area contributed by atoms with Gasteiger partial charge in [0, 0.05) is 64.9 Å². The first-order valence-electron chi connectivity index (χ1n) is 18.3. The summed E-state index contributed by atoms with van der Waals surface area (Å²) in [5.74, 6) is 2.07. The molecule has 0 saturated carbocycles. The Hall–Kier alpha value is -4.48. The zero-order chi connectivity index (χ0) is 39.3. The molecule has 54 heavy (non-hydrogen) atoms. The molecule has 290 valence electrons. The van der Waals surface area contributed by atoms with Crippen LogP contribution in [-0.2, 0) is 29.1 Å². The van der Waals surface area contributed by atoms with E-state index in [0.717, 1.165) is 59.1 Å². The number of nitrogens with zero attached hydrogens (tertiary/aromatic N) is 3. The number of carbonyl (C=O) groups excluding carboxylic acids is 1. The maximum absolute atomic E-state index is 14.3. The first kappa shape index (κ1) is 42.3. The normalized spacial score (nSPS) is 11.8. The summed E-state index contributed by atoms with van der Waals surface area (Å²) in [4.78, 5) is 18.0. The summed E-state index contributed by atoms with van der Waals surface area (Å²) in [6.45, 7) is 15.0. The lowest BCUT2D eigenvalue weighted by Gasteiger charge is -2.24. The number of ether oxygens (including phenoxy) is 2. The second kappa shape index (κ2) is 19.7. The van der Waals surface area contributed by atoms with Gasteiger partial charge < -0.3 is 23.7 Å². The third-order valence-electron chi connectivity index (χ3n) is 9.29. The zero-order valence-electron chi connectivity index (χ0n) is 31.8. The SMILES string of the molecule is C#CCN(CCS(=O)(=O)CCOCCOCCS(=O)(=O)C=C)C(=O)c1ccccc1-c1c2ccc(=[N+](CC)CC)cc-2oc2cc(N(CC)CC)ccc12. The molecule has 2 aliphatic rings. The van der Waals surface area contributed by atoms with E-state index in [0.29, 0.717) is 22.5 Å². The molecule has 0 spiro atoms. The highest BCUT2D eigenvalue weighted by Gasteiger charge is 2.26. The summed E-state index contributed by atoms with van der Waals surface area (Å²) < 4.78 is 68.4. The van der Waals surface area contributed by atoms with Crippen LogP contribution in [0.5, 0.6) is 0 Å². The molecule has 2 aromatic rings. The van der Waals surface area contributed by atoms with Gasteiger partial charge in [-0.1, -0.05) is 30.7 Å². The molecule has 2 aromatic carbocycles. The van der Waals surface area contributed by atoms with Gasteiger partial charge in [-0.15, -0.1) is 6.42 Å². The van der Waals surface area contributed by atoms with Crippen LogP contribution in [0.15, 0.2) is 77.1 Å². The molecular weight excluding hydrogens is 727 g/mol. The zero-order valence-corrected chi connectivity index (χ0v) is 33.4. The number of benzene rings is 3. The second-order valence-electron chi connectivity index (χ2n) is 12.6. The van der Waals surface area contributed by atoms with Crippen molar-refractivity contribution in [3.05, 3.63) is 83.6 Å². The molecule has 13 heteroatoms. The fourth-order valence-electron chi connectivity index (χ4n) is 6.27. The van der Waals surface area contributed by atoms with Gasteiger partial charge in [-0.3, -0.25) is 4.79 Å². The Kier molecular flexibility index (Phi) is 15.4. The molecule has 1 aliphatic heterocycles. The van der Waals surface area contributed by atoms with E-state index in [1.807, 2.05) is 36.4 Å². The minimum Gasteiger partial charge on any atom is -0.456 e. The van der Waals surface area contributed by atoms with Crippen molar-refractivity contribution in [1.82, 2.24) is 9.48 Å². The van der Waals surface area contributed by atoms with E-state index in [-0.39, 0.29) is 62.7 Å². The fraction of sp³-hybridized carbons (Fsp3) is 0.415. The monoisotopic (exact) mass is 778 g/mol. The molecule has 1 heterocycles. The summed E-state index contributed by atoms with van der Waals surface area (Å²) >= 11 is 0. The maximum Gasteiger partial charge on any atom is 0.255 e. The van der Waals surface area contributed by atoms with Crippen molar-refractivity contribution in [3.63, 3.8) is 0 Å². The Balaban J connectivity index is 1.62. The van der Waals surface area contributed by atoms with Gasteiger partial charge in [0.15, 0.2) is 19.7 Å². The second-order valence-corrected chi connectivity index (χ2v) is 16.9. The quantitative estimate of drug-likeness (QED) is 0.0501. The average molecular weight is 779 g/mol. The van der Waals surface area contributed by atoms with E-state index < -0.39 is 19.7 Å². The van der Waals surface area contributed by atoms with Crippen LogP contribution < -0.4 is 14.8 Å². The van der Waals surface area contributed by atoms with Gasteiger partial charge in [0.2, 0.25) is 5.36 Å². The van der Waals surface area contributed by atoms with Crippen LogP contribution >= 0.6 is 0 Å². The van der Waals surface area contributed by atoms with Crippen LogP contribution in [0, 0.1) is 12.3 Å². The molecule has 0 bridgehead atoms. The standard InChI is InChI=1S/C41H52N3O8S2/c1-7-21-44(22-27-54(48,49)29-26-51-24-23-50-25-28-53(46,47)12-6)41(45)35-16-14-13-15-34(35)40-36-19-17-32(42(8-2)9-3)30-38(36)52-39-31-33(18-20-37(39)40)43(10-4)11-5/h1,12-20,30-31H,6,8-11,21-29H2,2-5H3/q+1. The molecule has 0 aromatic heterocycles. The number of anilines is 1. The fourth-order valence-corrected chi connectivity index (χ4v) is 7.86. The van der Waals surface area contributed by atoms with Crippen molar-refractivity contribution in [2.24, 2.45) is 0 Å². The third-order valence-corrected chi connectivity index (χ3v) is 12.1. The van der Waals surface area contributed by atoms with Crippen molar-refractivity contribution in [1.29, 1.82) is 0 Å². The van der Waals surface area contributed by atoms with Crippen LogP contribution in [0.2, 0.25) is 0 Å². The van der Waals surface area contributed by atoms with Gasteiger partial charge in [-0.2, -0.15) is 0 Å². The van der Waals surface area contributed by atoms with Crippen molar-refractivity contribution in [2.45, 2.75) is 27.7 Å². The van der Waals surface area contributed by atoms with Gasteiger partial charge in [0.1, 0.15) is 24.4 Å². The number of carbonyl (C=O) groups is 1. The van der Waals surface area contributed by atoms with E-state index in [2.05, 4.69) is 61.8 Å². The van der Waals surface area contributed by atoms with E-state index in [1.165, 1.54) is 4.90 Å². The lowest BCUT2D eigenvalue weighted by molar-refractivity contribution is 0.0597. The van der Waals surface area contributed by atoms with Crippen molar-refractivity contribution in [2.75, 3.05) is 87.9 Å². The Labute approximate surface area is 320 Å². The summed E-state index contributed by atoms with van der Waals surface area (Å²) in [7, 11) is -6.97. The van der Waals surface area contributed by atoms with Crippen molar-refractivity contribution in [3.8, 4) is 34.8 Å². The van der Waals surface area contributed by atoms with E-state index in [9.17, 15) is 21.6 Å². The summed E-state index contributed by atoms with van der Waals surface area (Å²) in [6.07, 6.45) is 5.70. The molecule has 4 rings (SSSR count). The van der Waals surface area contributed by atoms with Gasteiger partial charge >= 0.3 is 0 Å². The first-order valence-corrected chi connectivity index (χ1v) is 21.8. The number of hydrogen-bond acceptors (Lipinski definition) is 9. The molecule has 0 unspecified atom stereocenters. The van der Waals surface area contributed by atoms with Gasteiger partial charge in [0.05, 0.1) is 56.3 Å². The predicted molar refractivity (Wildman–Crippen MR) is 217 cm³/mol. The lowest BCUT2D eigenvalue weighted by Crippen LogP contribution is -2.36. The Bertz CT molecular complexity index is 2210. The average Bonchev–Trinajstić information content (AvgIpc) is 3.17. The largest absolute Gasteiger partial charge is 0.456 e. The van der Waals surface area contributed by atoms with Gasteiger partial charge in [-0.25, -0.2) is 21.4 Å². The Morgan fingerprint density at radius 2 is 1.56 bits per heavy atom. The molecule has 0 fully saturated rings. The minimum atomic E-state index is -3.62. The molecule has 0 radical (unpaired) electrons. The van der Waals surface area contributed by atoms with E-state index in [4.69, 9.17) is 20.3 Å². The number of rotatable bonds is 21. The lowest BCUT2D eigenvalue weighted by atomic mass is 9.90. The third kappa shape index (κ3) is 10.8. The molecule has 0 saturated heterocycles. The van der Waals surface area contributed by atoms with Gasteiger partial charge in [0.25, 0.3) is 5.91 Å². The molecule has 0 atom stereocenters. The smallest absolute Gasteiger partial charge is 0.255 e. The molecule has 1 aliphatic carbocycles. The summed E-state index contributed by atoms with van der Waals surface area (Å²) in [6, 6.07) is 19.6. The molecule has 0 N–H and O–H groups in total. The first-order chi connectivity index (χ1) is 25.9. The van der Waals surface area contributed by atoms with Crippen LogP contribution in [0.1, 0.15) is 38.1 Å². The molecule has 1 amide bonds. The maximum atomic E-state index is 14.3. The highest BCUT2D eigenvalue weighted by Crippen LogP contribution is 2.42. The van der Waals surface area contributed by atoms with Crippen molar-refractivity contribution < 1.29 is 35.5 Å². The molecular formula is C41H52N3O8S2+. The highest BCUT2D eigenvalue weighted by atomic mass is 32.2. The molecule has 11 nitrogen and oxygen atoms in total. The highest BCUT2D eigenvalue weighted by molar-refractivity contribution is 7.94. The van der Waals surface area contributed by atoms with E-state index in [1.54, 1.807) is 12.1 Å². The Morgan fingerprint density at radius 1 is 0.870 bits per heavy atom. The van der Waals surface area contributed by atoms with Crippen LogP contribution in [-0.4, -0.2) is 111 Å². The summed E-state index contributed by atoms with van der Waals surface area (Å²) in [5, 5.41) is 2.75. The van der Waals surface area contributed by atoms with Crippen LogP contribution in [0.25, 0.3) is 33.4 Å². The number of terminal acetylenes is 1. The summed E-state index contributed by atoms with van der Waals surface area (Å²) in [5.41, 5.74) is 4.46.